The number of carbonyl (C=O) groups excluding carboxylic acids is 1. The van der Waals surface area contributed by atoms with E-state index >= 15 is 0 Å². The first-order valence-electron chi connectivity index (χ1n) is 9.78. The summed E-state index contributed by atoms with van der Waals surface area (Å²) in [5.74, 6) is -0.884. The number of nitrogens with zero attached hydrogens (tertiary/aromatic N) is 1. The van der Waals surface area contributed by atoms with Gasteiger partial charge in [0.1, 0.15) is 6.04 Å². The minimum atomic E-state index is -1.14. The van der Waals surface area contributed by atoms with Crippen molar-refractivity contribution in [2.24, 2.45) is 0 Å². The van der Waals surface area contributed by atoms with Crippen LogP contribution in [-0.4, -0.2) is 46.0 Å². The van der Waals surface area contributed by atoms with Crippen LogP contribution in [0.3, 0.4) is 0 Å². The maximum absolute atomic E-state index is 11.6. The quantitative estimate of drug-likeness (QED) is 0.174. The maximum Gasteiger partial charge on any atom is 0.327 e. The largest absolute Gasteiger partial charge is 0.480 e. The fraction of sp³-hybridized carbons (Fsp3) is 0.619. The van der Waals surface area contributed by atoms with E-state index in [9.17, 15) is 24.8 Å². The second kappa shape index (κ2) is 15.8. The van der Waals surface area contributed by atoms with Gasteiger partial charge in [-0.2, -0.15) is 11.8 Å². The van der Waals surface area contributed by atoms with E-state index in [1.165, 1.54) is 28.5 Å². The van der Waals surface area contributed by atoms with Crippen molar-refractivity contribution in [3.8, 4) is 0 Å². The molecule has 0 aliphatic carbocycles. The molecule has 0 aromatic heterocycles. The molecule has 1 amide bonds. The van der Waals surface area contributed by atoms with Gasteiger partial charge in [-0.1, -0.05) is 34.9 Å². The maximum atomic E-state index is 11.6. The highest BCUT2D eigenvalue weighted by Gasteiger charge is 2.20. The molecule has 1 atom stereocenters. The predicted octanol–water partition coefficient (Wildman–Crippen LogP) is 4.38. The topological polar surface area (TPSA) is 110 Å². The molecule has 0 bridgehead atoms. The Hall–Kier alpha value is -2.09. The van der Waals surface area contributed by atoms with Gasteiger partial charge in [0.05, 0.1) is 6.42 Å². The Morgan fingerprint density at radius 2 is 1.62 bits per heavy atom. The van der Waals surface area contributed by atoms with Gasteiger partial charge in [0.2, 0.25) is 12.5 Å². The standard InChI is InChI=1S/C21H34N2O5S/c1-16(2)7-5-8-17(3)9-6-10-18(4)12-14-29-15-19(21(25)26)22-20(24)11-13-23(27)28/h7,9,12,19H,5-6,8,10-11,13-15H2,1-4H3,(H,22,24)(H,25,26). The van der Waals surface area contributed by atoms with E-state index in [0.717, 1.165) is 25.7 Å². The third-order valence-corrected chi connectivity index (χ3v) is 5.08. The Bertz CT molecular complexity index is 637. The van der Waals surface area contributed by atoms with E-state index < -0.39 is 29.4 Å². The van der Waals surface area contributed by atoms with Crippen LogP contribution in [0.2, 0.25) is 0 Å². The number of aliphatic carboxylic acids is 1. The molecule has 0 spiro atoms. The number of carboxylic acid groups (broad SMARTS) is 1. The zero-order valence-corrected chi connectivity index (χ0v) is 18.7. The first-order valence-corrected chi connectivity index (χ1v) is 10.9. The molecular formula is C21H34N2O5S. The minimum Gasteiger partial charge on any atom is -0.480 e. The van der Waals surface area contributed by atoms with Crippen LogP contribution >= 0.6 is 11.8 Å². The van der Waals surface area contributed by atoms with Gasteiger partial charge in [-0.15, -0.1) is 0 Å². The number of nitrogens with one attached hydrogen (secondary N) is 1. The molecule has 0 aromatic rings. The average molecular weight is 427 g/mol. The third kappa shape index (κ3) is 16.6. The number of hydrogen-bond acceptors (Lipinski definition) is 5. The van der Waals surface area contributed by atoms with Crippen molar-refractivity contribution in [3.63, 3.8) is 0 Å². The van der Waals surface area contributed by atoms with Crippen molar-refractivity contribution in [2.75, 3.05) is 18.1 Å². The highest BCUT2D eigenvalue weighted by molar-refractivity contribution is 7.99. The van der Waals surface area contributed by atoms with E-state index in [1.807, 2.05) is 0 Å². The van der Waals surface area contributed by atoms with Gasteiger partial charge in [-0.3, -0.25) is 14.9 Å². The first kappa shape index (κ1) is 26.9. The first-order chi connectivity index (χ1) is 13.6. The normalized spacial score (nSPS) is 13.0. The summed E-state index contributed by atoms with van der Waals surface area (Å²) in [5.41, 5.74) is 3.98. The smallest absolute Gasteiger partial charge is 0.327 e. The zero-order valence-electron chi connectivity index (χ0n) is 17.9. The summed E-state index contributed by atoms with van der Waals surface area (Å²) in [5, 5.41) is 21.8. The number of amides is 1. The van der Waals surface area contributed by atoms with Gasteiger partial charge in [0.25, 0.3) is 0 Å². The Balaban J connectivity index is 4.20. The molecule has 0 aromatic carbocycles. The van der Waals surface area contributed by atoms with Gasteiger partial charge in [-0.05, 0) is 53.4 Å². The molecule has 0 aliphatic heterocycles. The SMILES string of the molecule is CC(C)=CCCC(C)=CCCC(C)=CCSCC(NC(=O)CC[N+](=O)[O-])C(=O)O. The molecule has 2 N–H and O–H groups in total. The lowest BCUT2D eigenvalue weighted by atomic mass is 10.1. The molecule has 0 saturated heterocycles. The van der Waals surface area contributed by atoms with Crippen LogP contribution in [0.25, 0.3) is 0 Å². The van der Waals surface area contributed by atoms with Crippen LogP contribution in [-0.2, 0) is 9.59 Å². The molecule has 164 valence electrons. The van der Waals surface area contributed by atoms with Crippen LogP contribution in [0.1, 0.15) is 59.8 Å². The average Bonchev–Trinajstić information content (AvgIpc) is 2.61. The van der Waals surface area contributed by atoms with Crippen LogP contribution in [0.4, 0.5) is 0 Å². The predicted molar refractivity (Wildman–Crippen MR) is 119 cm³/mol. The Kier molecular flexibility index (Phi) is 14.7. The van der Waals surface area contributed by atoms with Crippen molar-refractivity contribution in [2.45, 2.75) is 65.8 Å². The summed E-state index contributed by atoms with van der Waals surface area (Å²) in [6.07, 6.45) is 10.4. The molecule has 0 fully saturated rings. The Morgan fingerprint density at radius 1 is 1.03 bits per heavy atom. The van der Waals surface area contributed by atoms with E-state index in [4.69, 9.17) is 0 Å². The highest BCUT2D eigenvalue weighted by atomic mass is 32.2. The molecule has 0 rings (SSSR count). The molecule has 0 aliphatic rings. The number of carbonyl (C=O) groups is 2. The Labute approximate surface area is 177 Å². The summed E-state index contributed by atoms with van der Waals surface area (Å²) in [6.45, 7) is 7.92. The highest BCUT2D eigenvalue weighted by Crippen LogP contribution is 2.13. The van der Waals surface area contributed by atoms with Crippen LogP contribution < -0.4 is 5.32 Å². The molecule has 0 heterocycles. The molecule has 0 radical (unpaired) electrons. The van der Waals surface area contributed by atoms with Crippen molar-refractivity contribution in [1.29, 1.82) is 0 Å². The van der Waals surface area contributed by atoms with E-state index in [0.29, 0.717) is 5.75 Å². The third-order valence-electron chi connectivity index (χ3n) is 4.11. The lowest BCUT2D eigenvalue weighted by Crippen LogP contribution is -2.43. The zero-order chi connectivity index (χ0) is 22.2. The number of allylic oxidation sites excluding steroid dienone is 5. The van der Waals surface area contributed by atoms with Crippen LogP contribution in [0.15, 0.2) is 34.9 Å². The molecule has 1 unspecified atom stereocenters. The molecule has 29 heavy (non-hydrogen) atoms. The van der Waals surface area contributed by atoms with E-state index in [1.54, 1.807) is 0 Å². The Morgan fingerprint density at radius 3 is 2.17 bits per heavy atom. The van der Waals surface area contributed by atoms with Gasteiger partial charge < -0.3 is 10.4 Å². The number of thioether (sulfide) groups is 1. The number of hydrogen-bond donors (Lipinski definition) is 2. The second-order valence-electron chi connectivity index (χ2n) is 7.26. The van der Waals surface area contributed by atoms with Gasteiger partial charge in [-0.25, -0.2) is 4.79 Å². The van der Waals surface area contributed by atoms with Gasteiger partial charge in [0, 0.05) is 16.4 Å². The molecule has 7 nitrogen and oxygen atoms in total. The lowest BCUT2D eigenvalue weighted by Gasteiger charge is -2.13. The summed E-state index contributed by atoms with van der Waals surface area (Å²) < 4.78 is 0. The number of rotatable bonds is 15. The fourth-order valence-corrected chi connectivity index (χ4v) is 3.36. The molecule has 0 saturated carbocycles. The molecule has 8 heteroatoms. The van der Waals surface area contributed by atoms with Crippen LogP contribution in [0, 0.1) is 10.1 Å². The minimum absolute atomic E-state index is 0.215. The van der Waals surface area contributed by atoms with Crippen LogP contribution in [0.5, 0.6) is 0 Å². The van der Waals surface area contributed by atoms with Crippen molar-refractivity contribution in [1.82, 2.24) is 5.32 Å². The van der Waals surface area contributed by atoms with Crippen molar-refractivity contribution >= 4 is 23.6 Å². The van der Waals surface area contributed by atoms with E-state index in [-0.39, 0.29) is 12.2 Å². The lowest BCUT2D eigenvalue weighted by molar-refractivity contribution is -0.478. The molecular weight excluding hydrogens is 392 g/mol. The second-order valence-corrected chi connectivity index (χ2v) is 8.34. The summed E-state index contributed by atoms with van der Waals surface area (Å²) in [7, 11) is 0. The van der Waals surface area contributed by atoms with Gasteiger partial charge in [0.15, 0.2) is 0 Å². The summed E-state index contributed by atoms with van der Waals surface area (Å²) in [4.78, 5) is 32.5. The van der Waals surface area contributed by atoms with E-state index in [2.05, 4.69) is 51.2 Å². The summed E-state index contributed by atoms with van der Waals surface area (Å²) in [6, 6.07) is -1.04. The van der Waals surface area contributed by atoms with Crippen molar-refractivity contribution < 1.29 is 19.6 Å². The summed E-state index contributed by atoms with van der Waals surface area (Å²) >= 11 is 1.41. The number of carboxylic acids is 1. The monoisotopic (exact) mass is 426 g/mol. The van der Waals surface area contributed by atoms with Crippen molar-refractivity contribution in [3.05, 3.63) is 45.1 Å². The number of nitro groups is 1. The van der Waals surface area contributed by atoms with Gasteiger partial charge >= 0.3 is 5.97 Å². The fourth-order valence-electron chi connectivity index (χ4n) is 2.36.